The fourth-order valence-corrected chi connectivity index (χ4v) is 7.08. The summed E-state index contributed by atoms with van der Waals surface area (Å²) < 4.78 is 41.2. The summed E-state index contributed by atoms with van der Waals surface area (Å²) >= 11 is 0. The smallest absolute Gasteiger partial charge is 0.252 e. The number of halogens is 1. The Bertz CT molecular complexity index is 1940. The number of nitrogens with one attached hydrogen (secondary N) is 3. The average molecular weight is 659 g/mol. The van der Waals surface area contributed by atoms with Gasteiger partial charge in [0.25, 0.3) is 11.8 Å². The summed E-state index contributed by atoms with van der Waals surface area (Å²) in [6.45, 7) is 1.08. The molecular weight excluding hydrogens is 623 g/mol. The minimum Gasteiger partial charge on any atom is -0.394 e. The third-order valence-corrected chi connectivity index (χ3v) is 9.89. The van der Waals surface area contributed by atoms with E-state index < -0.39 is 39.4 Å². The molecule has 1 unspecified atom stereocenters. The number of hydrazine groups is 1. The molecule has 13 heteroatoms. The van der Waals surface area contributed by atoms with Gasteiger partial charge in [-0.1, -0.05) is 30.3 Å². The molecule has 4 N–H and O–H groups in total. The Morgan fingerprint density at radius 2 is 1.83 bits per heavy atom. The van der Waals surface area contributed by atoms with Gasteiger partial charge in [0.05, 0.1) is 53.1 Å². The van der Waals surface area contributed by atoms with E-state index in [1.807, 2.05) is 18.2 Å². The first-order valence-electron chi connectivity index (χ1n) is 15.1. The van der Waals surface area contributed by atoms with Crippen molar-refractivity contribution in [3.05, 3.63) is 130 Å². The minimum absolute atomic E-state index is 0.210. The van der Waals surface area contributed by atoms with E-state index in [4.69, 9.17) is 0 Å². The van der Waals surface area contributed by atoms with Gasteiger partial charge in [-0.2, -0.15) is 0 Å². The van der Waals surface area contributed by atoms with E-state index in [1.54, 1.807) is 66.8 Å². The molecule has 1 aliphatic carbocycles. The number of rotatable bonds is 10. The SMILES string of the molecule is CNC(=O)C1=C2C=C(c3cccc(C(=O)NC4(c5ccccn5)CC4)c3)C(N(CCO)S(C)(=O)=O)=CN2NC1(C)c1ccc(F)cc1. The standard InChI is InChI=1S/C34H35FN6O5S/c1-33(24-10-12-25(35)13-11-24)30(32(44)36-2)27-20-26(28(21-40(27)39-33)41(17-18-42)47(3,45)46)22-7-6-8-23(19-22)31(43)38-34(14-15-34)29-9-4-5-16-37-29/h4-13,16,19-21,39,42H,14-15,17-18H2,1-3H3,(H,36,44)(H,38,43). The molecule has 1 saturated carbocycles. The molecule has 3 aliphatic rings. The van der Waals surface area contributed by atoms with Crippen LogP contribution in [0.1, 0.15) is 46.9 Å². The second-order valence-corrected chi connectivity index (χ2v) is 13.8. The Balaban J connectivity index is 1.48. The number of benzene rings is 2. The number of pyridine rings is 1. The zero-order valence-electron chi connectivity index (χ0n) is 26.1. The van der Waals surface area contributed by atoms with Crippen molar-refractivity contribution in [3.63, 3.8) is 0 Å². The van der Waals surface area contributed by atoms with Gasteiger partial charge >= 0.3 is 0 Å². The molecule has 0 bridgehead atoms. The predicted molar refractivity (Wildman–Crippen MR) is 174 cm³/mol. The molecule has 11 nitrogen and oxygen atoms in total. The molecule has 47 heavy (non-hydrogen) atoms. The van der Waals surface area contributed by atoms with Crippen molar-refractivity contribution in [2.24, 2.45) is 0 Å². The first-order valence-corrected chi connectivity index (χ1v) is 16.9. The first kappa shape index (κ1) is 32.1. The number of aliphatic hydroxyl groups excluding tert-OH is 1. The molecule has 0 radical (unpaired) electrons. The number of nitrogens with zero attached hydrogens (tertiary/aromatic N) is 3. The molecule has 3 aromatic rings. The van der Waals surface area contributed by atoms with Gasteiger partial charge in [0, 0.05) is 30.6 Å². The number of amides is 2. The molecule has 0 saturated heterocycles. The van der Waals surface area contributed by atoms with E-state index in [0.717, 1.165) is 29.1 Å². The summed E-state index contributed by atoms with van der Waals surface area (Å²) in [6, 6.07) is 18.1. The second kappa shape index (κ2) is 12.1. The summed E-state index contributed by atoms with van der Waals surface area (Å²) in [7, 11) is -2.40. The number of hydrogen-bond acceptors (Lipinski definition) is 8. The third kappa shape index (κ3) is 5.93. The lowest BCUT2D eigenvalue weighted by atomic mass is 9.83. The van der Waals surface area contributed by atoms with E-state index in [2.05, 4.69) is 21.0 Å². The number of likely N-dealkylation sites (N-methyl/N-ethyl adjacent to an activating group) is 1. The molecule has 3 heterocycles. The number of sulfonamides is 1. The van der Waals surface area contributed by atoms with E-state index in [0.29, 0.717) is 33.5 Å². The fraction of sp³-hybridized carbons (Fsp3) is 0.265. The number of aromatic nitrogens is 1. The lowest BCUT2D eigenvalue weighted by Crippen LogP contribution is -2.45. The van der Waals surface area contributed by atoms with Gasteiger partial charge in [-0.25, -0.2) is 18.2 Å². The van der Waals surface area contributed by atoms with Crippen molar-refractivity contribution in [2.45, 2.75) is 30.8 Å². The van der Waals surface area contributed by atoms with Crippen molar-refractivity contribution >= 4 is 27.4 Å². The highest BCUT2D eigenvalue weighted by atomic mass is 32.2. The number of fused-ring (bicyclic) bond motifs is 1. The van der Waals surface area contributed by atoms with Crippen LogP contribution in [0.4, 0.5) is 4.39 Å². The number of aliphatic hydroxyl groups is 1. The summed E-state index contributed by atoms with van der Waals surface area (Å²) in [4.78, 5) is 31.5. The van der Waals surface area contributed by atoms with E-state index in [9.17, 15) is 27.5 Å². The van der Waals surface area contributed by atoms with Crippen LogP contribution in [0.3, 0.4) is 0 Å². The van der Waals surface area contributed by atoms with Gasteiger partial charge < -0.3 is 15.7 Å². The summed E-state index contributed by atoms with van der Waals surface area (Å²) in [5, 5.41) is 17.2. The Morgan fingerprint density at radius 3 is 2.45 bits per heavy atom. The zero-order valence-corrected chi connectivity index (χ0v) is 26.9. The maximum absolute atomic E-state index is 13.9. The molecule has 2 amide bonds. The van der Waals surface area contributed by atoms with Crippen LogP contribution in [0.25, 0.3) is 5.57 Å². The molecule has 1 atom stereocenters. The van der Waals surface area contributed by atoms with Gasteiger partial charge in [-0.15, -0.1) is 0 Å². The quantitative estimate of drug-likeness (QED) is 0.261. The molecule has 0 spiro atoms. The molecule has 6 rings (SSSR count). The van der Waals surface area contributed by atoms with Crippen LogP contribution >= 0.6 is 0 Å². The van der Waals surface area contributed by atoms with Crippen LogP contribution in [0, 0.1) is 5.82 Å². The van der Waals surface area contributed by atoms with Crippen molar-refractivity contribution in [2.75, 3.05) is 26.5 Å². The average Bonchev–Trinajstić information content (AvgIpc) is 3.78. The predicted octanol–water partition coefficient (Wildman–Crippen LogP) is 2.87. The minimum atomic E-state index is -3.90. The van der Waals surface area contributed by atoms with E-state index in [1.165, 1.54) is 19.2 Å². The molecular formula is C34H35FN6O5S. The highest BCUT2D eigenvalue weighted by Gasteiger charge is 2.48. The summed E-state index contributed by atoms with van der Waals surface area (Å²) in [6.07, 6.45) is 7.47. The first-order chi connectivity index (χ1) is 22.4. The van der Waals surface area contributed by atoms with E-state index >= 15 is 0 Å². The normalized spacial score (nSPS) is 19.8. The van der Waals surface area contributed by atoms with Crippen LogP contribution in [0.15, 0.2) is 102 Å². The van der Waals surface area contributed by atoms with Crippen molar-refractivity contribution in [1.82, 2.24) is 30.4 Å². The fourth-order valence-electron chi connectivity index (χ4n) is 6.16. The molecule has 1 fully saturated rings. The second-order valence-electron chi connectivity index (χ2n) is 11.9. The molecule has 1 aromatic heterocycles. The van der Waals surface area contributed by atoms with Crippen LogP contribution in [0.5, 0.6) is 0 Å². The largest absolute Gasteiger partial charge is 0.394 e. The van der Waals surface area contributed by atoms with Crippen LogP contribution in [-0.2, 0) is 25.9 Å². The Hall–Kier alpha value is -4.85. The molecule has 2 aliphatic heterocycles. The van der Waals surface area contributed by atoms with E-state index in [-0.39, 0.29) is 18.1 Å². The lowest BCUT2D eigenvalue weighted by Gasteiger charge is -2.33. The monoisotopic (exact) mass is 658 g/mol. The van der Waals surface area contributed by atoms with Gasteiger partial charge in [0.15, 0.2) is 0 Å². The molecule has 2 aromatic carbocycles. The van der Waals surface area contributed by atoms with Gasteiger partial charge in [-0.05, 0) is 73.4 Å². The van der Waals surface area contributed by atoms with Crippen LogP contribution in [0.2, 0.25) is 0 Å². The van der Waals surface area contributed by atoms with Crippen molar-refractivity contribution < 1.29 is 27.5 Å². The van der Waals surface area contributed by atoms with Crippen molar-refractivity contribution in [1.29, 1.82) is 0 Å². The van der Waals surface area contributed by atoms with Crippen LogP contribution < -0.4 is 16.1 Å². The van der Waals surface area contributed by atoms with Gasteiger partial charge in [-0.3, -0.25) is 23.9 Å². The Kier molecular flexibility index (Phi) is 8.24. The maximum atomic E-state index is 13.9. The number of hydrogen-bond donors (Lipinski definition) is 4. The van der Waals surface area contributed by atoms with Crippen molar-refractivity contribution in [3.8, 4) is 0 Å². The maximum Gasteiger partial charge on any atom is 0.252 e. The highest BCUT2D eigenvalue weighted by Crippen LogP contribution is 2.46. The summed E-state index contributed by atoms with van der Waals surface area (Å²) in [5.74, 6) is -1.15. The van der Waals surface area contributed by atoms with Gasteiger partial charge in [0.1, 0.15) is 5.82 Å². The third-order valence-electron chi connectivity index (χ3n) is 8.71. The number of carbonyl (C=O) groups excluding carboxylic acids is 2. The highest BCUT2D eigenvalue weighted by molar-refractivity contribution is 7.88. The summed E-state index contributed by atoms with van der Waals surface area (Å²) in [5.41, 5.74) is 5.20. The lowest BCUT2D eigenvalue weighted by molar-refractivity contribution is -0.117. The van der Waals surface area contributed by atoms with Crippen LogP contribution in [-0.4, -0.2) is 66.1 Å². The number of carbonyl (C=O) groups is 2. The Labute approximate surface area is 272 Å². The number of allylic oxidation sites excluding steroid dienone is 2. The van der Waals surface area contributed by atoms with Gasteiger partial charge in [0.2, 0.25) is 10.0 Å². The molecule has 244 valence electrons. The zero-order chi connectivity index (χ0) is 33.6. The Morgan fingerprint density at radius 1 is 1.09 bits per heavy atom. The topological polar surface area (TPSA) is 144 Å².